The lowest BCUT2D eigenvalue weighted by atomic mass is 10.3. The first-order chi connectivity index (χ1) is 7.28. The van der Waals surface area contributed by atoms with Gasteiger partial charge in [-0.15, -0.1) is 11.8 Å². The van der Waals surface area contributed by atoms with Gasteiger partial charge in [0.15, 0.2) is 0 Å². The Morgan fingerprint density at radius 2 is 2.07 bits per heavy atom. The molecule has 0 saturated heterocycles. The molecule has 0 bridgehead atoms. The first-order valence-corrected chi connectivity index (χ1v) is 6.69. The van der Waals surface area contributed by atoms with Crippen molar-refractivity contribution in [3.05, 3.63) is 34.8 Å². The van der Waals surface area contributed by atoms with Crippen LogP contribution in [0.1, 0.15) is 0 Å². The second-order valence-electron chi connectivity index (χ2n) is 2.71. The smallest absolute Gasteiger partial charge is 0.280 e. The average molecular weight is 258 g/mol. The van der Waals surface area contributed by atoms with Gasteiger partial charge in [-0.2, -0.15) is 4.98 Å². The van der Waals surface area contributed by atoms with Crippen molar-refractivity contribution in [1.29, 1.82) is 0 Å². The fourth-order valence-corrected chi connectivity index (χ4v) is 2.25. The highest BCUT2D eigenvalue weighted by molar-refractivity contribution is 7.98. The Labute approximate surface area is 101 Å². The number of thioether (sulfide) groups is 1. The largest absolute Gasteiger partial charge is 0.431 e. The second-order valence-corrected chi connectivity index (χ2v) is 4.80. The number of rotatable bonds is 3. The van der Waals surface area contributed by atoms with Gasteiger partial charge in [0.05, 0.1) is 0 Å². The number of hydrogen-bond acceptors (Lipinski definition) is 4. The highest BCUT2D eigenvalue weighted by Gasteiger charge is 2.02. The maximum absolute atomic E-state index is 5.69. The van der Waals surface area contributed by atoms with Gasteiger partial charge in [0.25, 0.3) is 5.19 Å². The van der Waals surface area contributed by atoms with Crippen LogP contribution >= 0.6 is 34.7 Å². The predicted molar refractivity (Wildman–Crippen MR) is 65.4 cm³/mol. The van der Waals surface area contributed by atoms with E-state index in [2.05, 4.69) is 4.98 Å². The number of ether oxygens (including phenoxy) is 1. The van der Waals surface area contributed by atoms with Crippen molar-refractivity contribution in [2.24, 2.45) is 0 Å². The monoisotopic (exact) mass is 257 g/mol. The van der Waals surface area contributed by atoms with Crippen LogP contribution in [0.5, 0.6) is 10.9 Å². The Kier molecular flexibility index (Phi) is 3.51. The number of hydrogen-bond donors (Lipinski definition) is 0. The van der Waals surface area contributed by atoms with Gasteiger partial charge in [-0.25, -0.2) is 0 Å². The summed E-state index contributed by atoms with van der Waals surface area (Å²) in [5.41, 5.74) is 0. The zero-order valence-electron chi connectivity index (χ0n) is 7.94. The third kappa shape index (κ3) is 2.87. The Bertz CT molecular complexity index is 441. The van der Waals surface area contributed by atoms with Crippen LogP contribution in [0.4, 0.5) is 0 Å². The van der Waals surface area contributed by atoms with E-state index >= 15 is 0 Å². The summed E-state index contributed by atoms with van der Waals surface area (Å²) in [5.74, 6) is 0.777. The van der Waals surface area contributed by atoms with Crippen LogP contribution in [0.3, 0.4) is 0 Å². The fourth-order valence-electron chi connectivity index (χ4n) is 1.03. The fraction of sp³-hybridized carbons (Fsp3) is 0.100. The molecule has 2 nitrogen and oxygen atoms in total. The van der Waals surface area contributed by atoms with E-state index in [0.717, 1.165) is 5.75 Å². The molecule has 0 spiro atoms. The normalized spacial score (nSPS) is 10.3. The van der Waals surface area contributed by atoms with Crippen molar-refractivity contribution in [2.75, 3.05) is 6.26 Å². The minimum atomic E-state index is 0.468. The van der Waals surface area contributed by atoms with E-state index in [1.54, 1.807) is 17.1 Å². The van der Waals surface area contributed by atoms with Gasteiger partial charge in [-0.3, -0.25) is 0 Å². The molecule has 0 atom stereocenters. The summed E-state index contributed by atoms with van der Waals surface area (Å²) < 4.78 is 5.51. The molecule has 1 heterocycles. The molecule has 5 heteroatoms. The molecule has 0 radical (unpaired) electrons. The van der Waals surface area contributed by atoms with E-state index in [0.29, 0.717) is 10.3 Å². The standard InChI is InChI=1S/C10H8ClNOS2/c1-14-8-4-2-7(3-5-8)13-10-12-9(11)6-15-10/h2-6H,1H3. The van der Waals surface area contributed by atoms with Crippen molar-refractivity contribution >= 4 is 34.7 Å². The Morgan fingerprint density at radius 1 is 1.33 bits per heavy atom. The Morgan fingerprint density at radius 3 is 2.60 bits per heavy atom. The summed E-state index contributed by atoms with van der Waals surface area (Å²) in [4.78, 5) is 5.21. The van der Waals surface area contributed by atoms with Crippen LogP contribution in [0.15, 0.2) is 34.5 Å². The van der Waals surface area contributed by atoms with Gasteiger partial charge in [-0.05, 0) is 30.5 Å². The summed E-state index contributed by atoms with van der Waals surface area (Å²) >= 11 is 8.77. The molecule has 0 aliphatic heterocycles. The minimum absolute atomic E-state index is 0.468. The second kappa shape index (κ2) is 4.88. The molecule has 1 aromatic carbocycles. The van der Waals surface area contributed by atoms with Crippen LogP contribution in [0.25, 0.3) is 0 Å². The quantitative estimate of drug-likeness (QED) is 0.765. The zero-order valence-corrected chi connectivity index (χ0v) is 10.3. The molecule has 0 saturated carbocycles. The van der Waals surface area contributed by atoms with Gasteiger partial charge < -0.3 is 4.74 Å². The summed E-state index contributed by atoms with van der Waals surface area (Å²) in [6, 6.07) is 7.85. The van der Waals surface area contributed by atoms with Crippen molar-refractivity contribution < 1.29 is 4.74 Å². The van der Waals surface area contributed by atoms with Crippen molar-refractivity contribution in [1.82, 2.24) is 4.98 Å². The van der Waals surface area contributed by atoms with Crippen molar-refractivity contribution in [3.8, 4) is 10.9 Å². The highest BCUT2D eigenvalue weighted by atomic mass is 35.5. The lowest BCUT2D eigenvalue weighted by Gasteiger charge is -2.01. The number of aromatic nitrogens is 1. The Balaban J connectivity index is 2.11. The molecule has 0 fully saturated rings. The minimum Gasteiger partial charge on any atom is -0.431 e. The summed E-state index contributed by atoms with van der Waals surface area (Å²) in [6.07, 6.45) is 2.04. The maximum Gasteiger partial charge on any atom is 0.280 e. The van der Waals surface area contributed by atoms with E-state index in [1.807, 2.05) is 30.5 Å². The number of nitrogens with zero attached hydrogens (tertiary/aromatic N) is 1. The first kappa shape index (κ1) is 10.8. The number of thiazole rings is 1. The number of halogens is 1. The van der Waals surface area contributed by atoms with Crippen LogP contribution in [0.2, 0.25) is 5.15 Å². The molecule has 15 heavy (non-hydrogen) atoms. The van der Waals surface area contributed by atoms with E-state index in [4.69, 9.17) is 16.3 Å². The average Bonchev–Trinajstić information content (AvgIpc) is 2.65. The summed E-state index contributed by atoms with van der Waals surface area (Å²) in [5, 5.41) is 2.78. The molecule has 1 aromatic heterocycles. The third-order valence-electron chi connectivity index (χ3n) is 1.72. The SMILES string of the molecule is CSc1ccc(Oc2nc(Cl)cs2)cc1. The lowest BCUT2D eigenvalue weighted by Crippen LogP contribution is -1.82. The third-order valence-corrected chi connectivity index (χ3v) is 3.50. The van der Waals surface area contributed by atoms with E-state index in [-0.39, 0.29) is 0 Å². The van der Waals surface area contributed by atoms with Gasteiger partial charge in [-0.1, -0.05) is 22.9 Å². The van der Waals surface area contributed by atoms with Crippen LogP contribution in [-0.4, -0.2) is 11.2 Å². The van der Waals surface area contributed by atoms with Crippen LogP contribution < -0.4 is 4.74 Å². The molecule has 78 valence electrons. The zero-order chi connectivity index (χ0) is 10.7. The number of benzene rings is 1. The molecule has 0 aliphatic carbocycles. The van der Waals surface area contributed by atoms with Gasteiger partial charge in [0.2, 0.25) is 0 Å². The molecule has 0 unspecified atom stereocenters. The summed E-state index contributed by atoms with van der Waals surface area (Å²) in [6.45, 7) is 0. The van der Waals surface area contributed by atoms with E-state index < -0.39 is 0 Å². The molecular formula is C10H8ClNOS2. The molecule has 2 rings (SSSR count). The van der Waals surface area contributed by atoms with Crippen molar-refractivity contribution in [3.63, 3.8) is 0 Å². The predicted octanol–water partition coefficient (Wildman–Crippen LogP) is 4.31. The van der Waals surface area contributed by atoms with Crippen LogP contribution in [-0.2, 0) is 0 Å². The molecule has 0 aliphatic rings. The highest BCUT2D eigenvalue weighted by Crippen LogP contribution is 2.28. The molecule has 2 aromatic rings. The molecule has 0 amide bonds. The molecule has 0 N–H and O–H groups in total. The lowest BCUT2D eigenvalue weighted by molar-refractivity contribution is 0.478. The van der Waals surface area contributed by atoms with Gasteiger partial charge in [0.1, 0.15) is 10.9 Å². The van der Waals surface area contributed by atoms with Crippen molar-refractivity contribution in [2.45, 2.75) is 4.90 Å². The topological polar surface area (TPSA) is 22.1 Å². The summed E-state index contributed by atoms with van der Waals surface area (Å²) in [7, 11) is 0. The van der Waals surface area contributed by atoms with Gasteiger partial charge in [0, 0.05) is 10.3 Å². The Hall–Kier alpha value is -0.710. The van der Waals surface area contributed by atoms with E-state index in [1.165, 1.54) is 16.2 Å². The first-order valence-electron chi connectivity index (χ1n) is 4.21. The maximum atomic E-state index is 5.69. The van der Waals surface area contributed by atoms with Gasteiger partial charge >= 0.3 is 0 Å². The van der Waals surface area contributed by atoms with E-state index in [9.17, 15) is 0 Å². The molecular weight excluding hydrogens is 250 g/mol. The van der Waals surface area contributed by atoms with Crippen LogP contribution in [0, 0.1) is 0 Å².